The molecule has 3 nitrogen and oxygen atoms in total. The van der Waals surface area contributed by atoms with Crippen LogP contribution >= 0.6 is 0 Å². The van der Waals surface area contributed by atoms with E-state index in [4.69, 9.17) is 9.59 Å². The normalized spacial score (nSPS) is 19.3. The van der Waals surface area contributed by atoms with Gasteiger partial charge in [-0.2, -0.15) is 0 Å². The van der Waals surface area contributed by atoms with Crippen LogP contribution < -0.4 is 0 Å². The monoisotopic (exact) mass is 170 g/mol. The lowest BCUT2D eigenvalue weighted by Crippen LogP contribution is -2.43. The van der Waals surface area contributed by atoms with Crippen LogP contribution in [0.1, 0.15) is 0 Å². The smallest absolute Gasteiger partial charge is 0.411 e. The highest BCUT2D eigenvalue weighted by atomic mass is 28.5. The molecule has 1 atom stereocenters. The molecule has 0 saturated heterocycles. The fraction of sp³-hybridized carbons (Fsp3) is 1.00. The Morgan fingerprint density at radius 1 is 1.22 bits per heavy atom. The summed E-state index contributed by atoms with van der Waals surface area (Å²) in [7, 11) is -6.84. The van der Waals surface area contributed by atoms with Crippen LogP contribution in [0.25, 0.3) is 0 Å². The molecule has 0 heterocycles. The molecular formula is C3H11FO3Si2. The maximum absolute atomic E-state index is 12.2. The minimum absolute atomic E-state index is 0.970. The molecule has 0 radical (unpaired) electrons. The van der Waals surface area contributed by atoms with Gasteiger partial charge >= 0.3 is 17.5 Å². The van der Waals surface area contributed by atoms with E-state index in [0.29, 0.717) is 0 Å². The highest BCUT2D eigenvalue weighted by Crippen LogP contribution is 2.08. The molecule has 0 rings (SSSR count). The molecular weight excluding hydrogens is 159 g/mol. The first-order chi connectivity index (χ1) is 3.71. The van der Waals surface area contributed by atoms with Gasteiger partial charge in [0.05, 0.1) is 0 Å². The van der Waals surface area contributed by atoms with Gasteiger partial charge in [0.1, 0.15) is 0 Å². The van der Waals surface area contributed by atoms with Crippen molar-refractivity contribution in [3.8, 4) is 0 Å². The minimum Gasteiger partial charge on any atom is -0.411 e. The summed E-state index contributed by atoms with van der Waals surface area (Å²) in [4.78, 5) is 17.4. The number of rotatable bonds is 2. The van der Waals surface area contributed by atoms with E-state index in [1.165, 1.54) is 13.1 Å². The van der Waals surface area contributed by atoms with E-state index in [0.717, 1.165) is 6.55 Å². The van der Waals surface area contributed by atoms with Crippen molar-refractivity contribution in [2.45, 2.75) is 19.6 Å². The van der Waals surface area contributed by atoms with Gasteiger partial charge in [-0.15, -0.1) is 0 Å². The van der Waals surface area contributed by atoms with Crippen molar-refractivity contribution < 1.29 is 17.8 Å². The fourth-order valence-electron chi connectivity index (χ4n) is 0.456. The predicted octanol–water partition coefficient (Wildman–Crippen LogP) is 0.228. The summed E-state index contributed by atoms with van der Waals surface area (Å²) < 4.78 is 16.6. The molecule has 0 aliphatic rings. The maximum atomic E-state index is 12.2. The van der Waals surface area contributed by atoms with Crippen LogP contribution in [-0.4, -0.2) is 27.0 Å². The van der Waals surface area contributed by atoms with Crippen molar-refractivity contribution in [3.05, 3.63) is 0 Å². The Morgan fingerprint density at radius 2 is 1.56 bits per heavy atom. The van der Waals surface area contributed by atoms with Gasteiger partial charge in [0, 0.05) is 6.55 Å². The van der Waals surface area contributed by atoms with Gasteiger partial charge in [-0.3, -0.25) is 0 Å². The largest absolute Gasteiger partial charge is 0.525 e. The van der Waals surface area contributed by atoms with E-state index in [2.05, 4.69) is 4.12 Å². The Labute approximate surface area is 55.8 Å². The van der Waals surface area contributed by atoms with Crippen molar-refractivity contribution >= 4 is 17.5 Å². The number of hydrogen-bond acceptors (Lipinski definition) is 3. The van der Waals surface area contributed by atoms with E-state index >= 15 is 0 Å². The molecule has 0 aliphatic heterocycles. The molecule has 0 spiro atoms. The lowest BCUT2D eigenvalue weighted by atomic mass is 11.9. The third-order valence-corrected chi connectivity index (χ3v) is 3.92. The molecule has 1 unspecified atom stereocenters. The molecule has 0 amide bonds. The molecule has 6 heteroatoms. The highest BCUT2D eigenvalue weighted by molar-refractivity contribution is 6.74. The topological polar surface area (TPSA) is 49.7 Å². The van der Waals surface area contributed by atoms with Gasteiger partial charge in [0.25, 0.3) is 0 Å². The zero-order chi connectivity index (χ0) is 7.71. The Kier molecular flexibility index (Phi) is 2.53. The van der Waals surface area contributed by atoms with E-state index in [-0.39, 0.29) is 0 Å². The average molecular weight is 170 g/mol. The molecule has 0 aromatic carbocycles. The third kappa shape index (κ3) is 8.24. The first-order valence-electron chi connectivity index (χ1n) is 2.54. The van der Waals surface area contributed by atoms with Gasteiger partial charge in [0.15, 0.2) is 0 Å². The van der Waals surface area contributed by atoms with Crippen molar-refractivity contribution in [2.75, 3.05) is 0 Å². The van der Waals surface area contributed by atoms with Crippen LogP contribution in [-0.2, 0) is 4.12 Å². The second kappa shape index (κ2) is 2.47. The summed E-state index contributed by atoms with van der Waals surface area (Å²) >= 11 is 0. The quantitative estimate of drug-likeness (QED) is 0.461. The van der Waals surface area contributed by atoms with Crippen molar-refractivity contribution in [1.29, 1.82) is 0 Å². The minimum atomic E-state index is -3.98. The summed E-state index contributed by atoms with van der Waals surface area (Å²) in [5.41, 5.74) is 0. The zero-order valence-electron chi connectivity index (χ0n) is 5.68. The van der Waals surface area contributed by atoms with Gasteiger partial charge in [0.2, 0.25) is 0 Å². The maximum Gasteiger partial charge on any atom is 0.525 e. The van der Waals surface area contributed by atoms with Gasteiger partial charge in [-0.25, -0.2) is 4.11 Å². The third-order valence-electron chi connectivity index (χ3n) is 0.436. The fourth-order valence-corrected chi connectivity index (χ4v) is 4.10. The molecule has 0 aromatic rings. The summed E-state index contributed by atoms with van der Waals surface area (Å²) in [6.45, 7) is 3.76. The standard InChI is InChI=1S/C3H11FO3Si2/c1-8(2,5)7-9(3,4)6/h5-6H,1-3H3. The van der Waals surface area contributed by atoms with E-state index in [9.17, 15) is 4.11 Å². The second-order valence-electron chi connectivity index (χ2n) is 2.42. The Balaban J connectivity index is 3.75. The van der Waals surface area contributed by atoms with E-state index < -0.39 is 17.5 Å². The van der Waals surface area contributed by atoms with E-state index in [1.807, 2.05) is 0 Å². The molecule has 0 saturated carbocycles. The molecule has 0 bridgehead atoms. The first kappa shape index (κ1) is 9.24. The van der Waals surface area contributed by atoms with Crippen LogP contribution in [0.4, 0.5) is 4.11 Å². The molecule has 9 heavy (non-hydrogen) atoms. The average Bonchev–Trinajstić information content (AvgIpc) is 1.14. The molecule has 0 aromatic heterocycles. The second-order valence-corrected chi connectivity index (χ2v) is 7.87. The zero-order valence-corrected chi connectivity index (χ0v) is 7.68. The van der Waals surface area contributed by atoms with E-state index in [1.54, 1.807) is 0 Å². The van der Waals surface area contributed by atoms with Crippen LogP contribution in [0.2, 0.25) is 19.6 Å². The van der Waals surface area contributed by atoms with Gasteiger partial charge < -0.3 is 13.7 Å². The van der Waals surface area contributed by atoms with Crippen LogP contribution in [0.3, 0.4) is 0 Å². The molecule has 2 N–H and O–H groups in total. The summed E-state index contributed by atoms with van der Waals surface area (Å²) in [5, 5.41) is 0. The first-order valence-corrected chi connectivity index (χ1v) is 7.63. The van der Waals surface area contributed by atoms with Crippen molar-refractivity contribution in [3.63, 3.8) is 0 Å². The Hall–Kier alpha value is 0.244. The number of hydrogen-bond donors (Lipinski definition) is 2. The molecule has 56 valence electrons. The summed E-state index contributed by atoms with van der Waals surface area (Å²) in [6, 6.07) is 0. The van der Waals surface area contributed by atoms with Gasteiger partial charge in [-0.05, 0) is 13.1 Å². The number of halogens is 1. The van der Waals surface area contributed by atoms with Crippen LogP contribution in [0.5, 0.6) is 0 Å². The predicted molar refractivity (Wildman–Crippen MR) is 35.7 cm³/mol. The van der Waals surface area contributed by atoms with Crippen molar-refractivity contribution in [1.82, 2.24) is 0 Å². The Morgan fingerprint density at radius 3 is 1.56 bits per heavy atom. The lowest BCUT2D eigenvalue weighted by Gasteiger charge is -2.19. The van der Waals surface area contributed by atoms with Crippen LogP contribution in [0, 0.1) is 0 Å². The highest BCUT2D eigenvalue weighted by Gasteiger charge is 2.36. The van der Waals surface area contributed by atoms with Crippen LogP contribution in [0.15, 0.2) is 0 Å². The summed E-state index contributed by atoms with van der Waals surface area (Å²) in [6.07, 6.45) is 0. The molecule has 0 aliphatic carbocycles. The molecule has 0 fully saturated rings. The Bertz CT molecular complexity index is 82.2. The van der Waals surface area contributed by atoms with Gasteiger partial charge in [-0.1, -0.05) is 0 Å². The van der Waals surface area contributed by atoms with Crippen molar-refractivity contribution in [2.24, 2.45) is 0 Å². The SMILES string of the molecule is C[Si](C)(O)O[Si](C)(O)F. The summed E-state index contributed by atoms with van der Waals surface area (Å²) in [5.74, 6) is 0. The lowest BCUT2D eigenvalue weighted by molar-refractivity contribution is 0.267.